The average molecular weight is 271 g/mol. The van der Waals surface area contributed by atoms with Crippen molar-refractivity contribution < 1.29 is 13.6 Å². The summed E-state index contributed by atoms with van der Waals surface area (Å²) in [5, 5.41) is 6.44. The second-order valence-electron chi connectivity index (χ2n) is 4.31. The van der Waals surface area contributed by atoms with E-state index in [1.54, 1.807) is 35.8 Å². The molecule has 1 N–H and O–H groups in total. The first-order valence-corrected chi connectivity index (χ1v) is 6.16. The molecule has 3 heterocycles. The number of furan rings is 2. The average Bonchev–Trinajstić information content (AvgIpc) is 3.20. The fraction of sp³-hybridized carbons (Fsp3) is 0.143. The van der Waals surface area contributed by atoms with Crippen LogP contribution in [0.1, 0.15) is 21.9 Å². The summed E-state index contributed by atoms with van der Waals surface area (Å²) in [6.45, 7) is 0.745. The molecule has 0 saturated carbocycles. The van der Waals surface area contributed by atoms with Gasteiger partial charge >= 0.3 is 0 Å². The Hall–Kier alpha value is -2.76. The lowest BCUT2D eigenvalue weighted by atomic mass is 10.2. The van der Waals surface area contributed by atoms with Crippen LogP contribution in [0.2, 0.25) is 0 Å². The summed E-state index contributed by atoms with van der Waals surface area (Å²) in [6.07, 6.45) is 6.24. The summed E-state index contributed by atoms with van der Waals surface area (Å²) >= 11 is 0. The molecule has 20 heavy (non-hydrogen) atoms. The normalized spacial score (nSPS) is 10.6. The number of H-pyrrole nitrogens is 1. The molecule has 6 heteroatoms. The third-order valence-electron chi connectivity index (χ3n) is 2.89. The zero-order chi connectivity index (χ0) is 13.8. The Kier molecular flexibility index (Phi) is 3.36. The van der Waals surface area contributed by atoms with Crippen molar-refractivity contribution in [2.45, 2.75) is 13.1 Å². The van der Waals surface area contributed by atoms with Crippen molar-refractivity contribution in [3.8, 4) is 0 Å². The van der Waals surface area contributed by atoms with E-state index in [9.17, 15) is 4.79 Å². The summed E-state index contributed by atoms with van der Waals surface area (Å²) in [7, 11) is 0. The molecule has 0 spiro atoms. The smallest absolute Gasteiger partial charge is 0.257 e. The Morgan fingerprint density at radius 3 is 2.25 bits per heavy atom. The van der Waals surface area contributed by atoms with E-state index in [-0.39, 0.29) is 5.91 Å². The highest BCUT2D eigenvalue weighted by molar-refractivity contribution is 5.93. The maximum Gasteiger partial charge on any atom is 0.257 e. The summed E-state index contributed by atoms with van der Waals surface area (Å²) in [4.78, 5) is 14.1. The molecule has 0 bridgehead atoms. The Balaban J connectivity index is 1.81. The van der Waals surface area contributed by atoms with Gasteiger partial charge in [0.25, 0.3) is 5.91 Å². The molecule has 3 aromatic rings. The van der Waals surface area contributed by atoms with Gasteiger partial charge in [-0.1, -0.05) is 0 Å². The molecule has 0 atom stereocenters. The molecule has 0 aliphatic heterocycles. The summed E-state index contributed by atoms with van der Waals surface area (Å²) in [5.74, 6) is 1.30. The number of aromatic nitrogens is 2. The summed E-state index contributed by atoms with van der Waals surface area (Å²) in [6, 6.07) is 7.25. The molecule has 0 fully saturated rings. The van der Waals surface area contributed by atoms with Crippen LogP contribution >= 0.6 is 0 Å². The van der Waals surface area contributed by atoms with Gasteiger partial charge in [-0.2, -0.15) is 5.10 Å². The molecular weight excluding hydrogens is 258 g/mol. The fourth-order valence-corrected chi connectivity index (χ4v) is 1.93. The molecule has 0 aliphatic carbocycles. The van der Waals surface area contributed by atoms with E-state index >= 15 is 0 Å². The van der Waals surface area contributed by atoms with Crippen molar-refractivity contribution in [2.75, 3.05) is 0 Å². The number of nitrogens with one attached hydrogen (secondary N) is 1. The van der Waals surface area contributed by atoms with Crippen molar-refractivity contribution in [1.29, 1.82) is 0 Å². The second-order valence-corrected chi connectivity index (χ2v) is 4.31. The maximum absolute atomic E-state index is 12.4. The van der Waals surface area contributed by atoms with Crippen LogP contribution in [0.25, 0.3) is 0 Å². The molecule has 102 valence electrons. The lowest BCUT2D eigenvalue weighted by Crippen LogP contribution is -2.29. The van der Waals surface area contributed by atoms with Crippen molar-refractivity contribution in [3.05, 3.63) is 66.3 Å². The quantitative estimate of drug-likeness (QED) is 0.773. The van der Waals surface area contributed by atoms with Gasteiger partial charge in [0.1, 0.15) is 11.5 Å². The first-order valence-electron chi connectivity index (χ1n) is 6.16. The Labute approximate surface area is 115 Å². The Morgan fingerprint density at radius 1 is 1.15 bits per heavy atom. The molecule has 0 saturated heterocycles. The first kappa shape index (κ1) is 12.3. The minimum absolute atomic E-state index is 0.133. The molecule has 3 rings (SSSR count). The van der Waals surface area contributed by atoms with Gasteiger partial charge in [0.2, 0.25) is 0 Å². The van der Waals surface area contributed by atoms with Crippen LogP contribution in [-0.4, -0.2) is 21.0 Å². The van der Waals surface area contributed by atoms with E-state index in [2.05, 4.69) is 10.2 Å². The molecule has 0 unspecified atom stereocenters. The highest BCUT2D eigenvalue weighted by Gasteiger charge is 2.19. The first-order chi connectivity index (χ1) is 9.83. The minimum Gasteiger partial charge on any atom is -0.467 e. The van der Waals surface area contributed by atoms with Gasteiger partial charge in [-0.25, -0.2) is 0 Å². The zero-order valence-electron chi connectivity index (χ0n) is 10.7. The predicted octanol–water partition coefficient (Wildman–Crippen LogP) is 2.44. The number of aromatic amines is 1. The van der Waals surface area contributed by atoms with E-state index in [0.717, 1.165) is 0 Å². The van der Waals surface area contributed by atoms with Crippen LogP contribution in [-0.2, 0) is 13.1 Å². The standard InChI is InChI=1S/C14H13N3O3/c18-14(11-7-15-16-8-11)17(9-12-3-1-5-19-12)10-13-4-2-6-20-13/h1-8H,9-10H2,(H,15,16). The van der Waals surface area contributed by atoms with Gasteiger partial charge < -0.3 is 13.7 Å². The van der Waals surface area contributed by atoms with Crippen LogP contribution in [0.4, 0.5) is 0 Å². The van der Waals surface area contributed by atoms with Gasteiger partial charge in [0, 0.05) is 6.20 Å². The molecule has 1 amide bonds. The summed E-state index contributed by atoms with van der Waals surface area (Å²) < 4.78 is 10.6. The maximum atomic E-state index is 12.4. The van der Waals surface area contributed by atoms with Crippen LogP contribution in [0.5, 0.6) is 0 Å². The molecule has 6 nitrogen and oxygen atoms in total. The van der Waals surface area contributed by atoms with E-state index in [0.29, 0.717) is 30.2 Å². The van der Waals surface area contributed by atoms with Crippen LogP contribution in [0.3, 0.4) is 0 Å². The fourth-order valence-electron chi connectivity index (χ4n) is 1.93. The van der Waals surface area contributed by atoms with Crippen LogP contribution < -0.4 is 0 Å². The number of carbonyl (C=O) groups excluding carboxylic acids is 1. The zero-order valence-corrected chi connectivity index (χ0v) is 10.7. The third kappa shape index (κ3) is 2.64. The highest BCUT2D eigenvalue weighted by Crippen LogP contribution is 2.14. The Morgan fingerprint density at radius 2 is 1.80 bits per heavy atom. The monoisotopic (exact) mass is 271 g/mol. The van der Waals surface area contributed by atoms with Crippen molar-refractivity contribution in [1.82, 2.24) is 15.1 Å². The molecule has 0 aromatic carbocycles. The minimum atomic E-state index is -0.133. The van der Waals surface area contributed by atoms with Crippen molar-refractivity contribution in [3.63, 3.8) is 0 Å². The molecule has 0 radical (unpaired) electrons. The topological polar surface area (TPSA) is 75.3 Å². The molecule has 0 aliphatic rings. The molecule has 3 aromatic heterocycles. The number of carbonyl (C=O) groups is 1. The SMILES string of the molecule is O=C(c1cn[nH]c1)N(Cc1ccco1)Cc1ccco1. The van der Waals surface area contributed by atoms with E-state index in [1.807, 2.05) is 12.1 Å². The third-order valence-corrected chi connectivity index (χ3v) is 2.89. The molecular formula is C14H13N3O3. The largest absolute Gasteiger partial charge is 0.467 e. The van der Waals surface area contributed by atoms with Gasteiger partial charge in [0.15, 0.2) is 0 Å². The van der Waals surface area contributed by atoms with E-state index in [1.165, 1.54) is 6.20 Å². The van der Waals surface area contributed by atoms with Gasteiger partial charge in [-0.05, 0) is 24.3 Å². The predicted molar refractivity (Wildman–Crippen MR) is 69.6 cm³/mol. The van der Waals surface area contributed by atoms with E-state index in [4.69, 9.17) is 8.83 Å². The second kappa shape index (κ2) is 5.48. The number of amides is 1. The van der Waals surface area contributed by atoms with Gasteiger partial charge in [-0.3, -0.25) is 9.89 Å². The van der Waals surface area contributed by atoms with Crippen LogP contribution in [0.15, 0.2) is 58.0 Å². The van der Waals surface area contributed by atoms with Gasteiger partial charge in [0.05, 0.1) is 37.4 Å². The van der Waals surface area contributed by atoms with Crippen molar-refractivity contribution >= 4 is 5.91 Å². The lowest BCUT2D eigenvalue weighted by molar-refractivity contribution is 0.0705. The highest BCUT2D eigenvalue weighted by atomic mass is 16.3. The van der Waals surface area contributed by atoms with Crippen LogP contribution in [0, 0.1) is 0 Å². The summed E-state index contributed by atoms with van der Waals surface area (Å²) in [5.41, 5.74) is 0.503. The number of nitrogens with zero attached hydrogens (tertiary/aromatic N) is 2. The van der Waals surface area contributed by atoms with Crippen molar-refractivity contribution in [2.24, 2.45) is 0 Å². The Bertz CT molecular complexity index is 606. The van der Waals surface area contributed by atoms with Gasteiger partial charge in [-0.15, -0.1) is 0 Å². The number of hydrogen-bond donors (Lipinski definition) is 1. The number of hydrogen-bond acceptors (Lipinski definition) is 4. The number of rotatable bonds is 5. The van der Waals surface area contributed by atoms with E-state index < -0.39 is 0 Å². The lowest BCUT2D eigenvalue weighted by Gasteiger charge is -2.19.